The fourth-order valence-electron chi connectivity index (χ4n) is 3.63. The molecule has 35 heavy (non-hydrogen) atoms. The minimum Gasteiger partial charge on any atom is -0.497 e. The molecule has 0 bridgehead atoms. The first-order valence-corrected chi connectivity index (χ1v) is 13.2. The van der Waals surface area contributed by atoms with E-state index in [9.17, 15) is 23.4 Å². The molecule has 0 aliphatic heterocycles. The highest BCUT2D eigenvalue weighted by atomic mass is 32.2. The van der Waals surface area contributed by atoms with E-state index in [1.807, 2.05) is 44.2 Å². The van der Waals surface area contributed by atoms with Crippen molar-refractivity contribution in [2.45, 2.75) is 57.3 Å². The number of nitrogens with one attached hydrogen (secondary N) is 1. The average Bonchev–Trinajstić information content (AvgIpc) is 2.82. The molecule has 0 fully saturated rings. The van der Waals surface area contributed by atoms with E-state index in [-0.39, 0.29) is 36.2 Å². The summed E-state index contributed by atoms with van der Waals surface area (Å²) in [7, 11) is -2.42. The van der Waals surface area contributed by atoms with E-state index in [1.165, 1.54) is 23.5 Å². The maximum absolute atomic E-state index is 13.5. The number of carbonyl (C=O) groups is 1. The van der Waals surface area contributed by atoms with Gasteiger partial charge < -0.3 is 20.3 Å². The molecule has 2 aromatic carbocycles. The van der Waals surface area contributed by atoms with E-state index >= 15 is 0 Å². The lowest BCUT2D eigenvalue weighted by molar-refractivity contribution is -0.133. The van der Waals surface area contributed by atoms with Crippen LogP contribution in [0, 0.1) is 11.8 Å². The number of hydrogen-bond acceptors (Lipinski definition) is 6. The maximum atomic E-state index is 13.5. The monoisotopic (exact) mass is 506 g/mol. The molecule has 0 saturated carbocycles. The quantitative estimate of drug-likeness (QED) is 0.384. The van der Waals surface area contributed by atoms with Crippen molar-refractivity contribution in [1.29, 1.82) is 0 Å². The van der Waals surface area contributed by atoms with Crippen molar-refractivity contribution >= 4 is 15.9 Å². The number of ether oxygens (including phenoxy) is 1. The Kier molecular flexibility index (Phi) is 10.7. The molecule has 0 unspecified atom stereocenters. The van der Waals surface area contributed by atoms with E-state index in [0.29, 0.717) is 5.75 Å². The number of benzene rings is 2. The summed E-state index contributed by atoms with van der Waals surface area (Å²) in [5.41, 5.74) is 0.865. The summed E-state index contributed by atoms with van der Waals surface area (Å²) in [6, 6.07) is 14.6. The Hall–Kier alpha value is -2.46. The number of amides is 1. The minimum absolute atomic E-state index is 0.000140. The molecular formula is C26H38N2O6S. The highest BCUT2D eigenvalue weighted by Crippen LogP contribution is 2.22. The van der Waals surface area contributed by atoms with E-state index in [2.05, 4.69) is 5.32 Å². The largest absolute Gasteiger partial charge is 0.497 e. The molecule has 3 atom stereocenters. The zero-order chi connectivity index (χ0) is 26.2. The zero-order valence-electron chi connectivity index (χ0n) is 21.1. The van der Waals surface area contributed by atoms with Crippen molar-refractivity contribution in [1.82, 2.24) is 9.62 Å². The lowest BCUT2D eigenvalue weighted by Gasteiger charge is -2.31. The van der Waals surface area contributed by atoms with Gasteiger partial charge in [0.15, 0.2) is 0 Å². The van der Waals surface area contributed by atoms with Gasteiger partial charge >= 0.3 is 0 Å². The summed E-state index contributed by atoms with van der Waals surface area (Å²) in [6.07, 6.45) is -2.18. The predicted molar refractivity (Wildman–Crippen MR) is 136 cm³/mol. The van der Waals surface area contributed by atoms with Gasteiger partial charge in [0.1, 0.15) is 11.9 Å². The van der Waals surface area contributed by atoms with E-state index in [0.717, 1.165) is 5.56 Å². The molecule has 0 saturated heterocycles. The Labute approximate surface area is 209 Å². The summed E-state index contributed by atoms with van der Waals surface area (Å²) in [5.74, 6) is -0.375. The molecule has 9 heteroatoms. The van der Waals surface area contributed by atoms with Crippen LogP contribution in [0.4, 0.5) is 0 Å². The smallest absolute Gasteiger partial charge is 0.249 e. The molecule has 2 aromatic rings. The van der Waals surface area contributed by atoms with Crippen LogP contribution in [-0.2, 0) is 21.2 Å². The van der Waals surface area contributed by atoms with Gasteiger partial charge in [0.05, 0.1) is 24.2 Å². The molecule has 0 aromatic heterocycles. The Bertz CT molecular complexity index is 1030. The van der Waals surface area contributed by atoms with Crippen molar-refractivity contribution in [3.8, 4) is 5.75 Å². The number of carbonyl (C=O) groups excluding carboxylic acids is 1. The second-order valence-electron chi connectivity index (χ2n) is 9.45. The summed E-state index contributed by atoms with van der Waals surface area (Å²) in [4.78, 5) is 12.7. The molecular weight excluding hydrogens is 468 g/mol. The number of rotatable bonds is 13. The molecule has 2 rings (SSSR count). The topological polar surface area (TPSA) is 116 Å². The number of aliphatic hydroxyl groups excluding tert-OH is 2. The summed E-state index contributed by atoms with van der Waals surface area (Å²) in [5, 5.41) is 24.1. The number of hydrogen-bond donors (Lipinski definition) is 3. The minimum atomic E-state index is -3.93. The predicted octanol–water partition coefficient (Wildman–Crippen LogP) is 2.45. The van der Waals surface area contributed by atoms with Gasteiger partial charge in [0, 0.05) is 13.1 Å². The van der Waals surface area contributed by atoms with Crippen LogP contribution in [0.25, 0.3) is 0 Å². The van der Waals surface area contributed by atoms with E-state index in [4.69, 9.17) is 4.74 Å². The number of sulfonamides is 1. The van der Waals surface area contributed by atoms with Gasteiger partial charge in [-0.05, 0) is 48.1 Å². The zero-order valence-corrected chi connectivity index (χ0v) is 21.9. The first kappa shape index (κ1) is 28.8. The van der Waals surface area contributed by atoms with Crippen molar-refractivity contribution in [2.75, 3.05) is 20.2 Å². The molecule has 0 spiro atoms. The van der Waals surface area contributed by atoms with E-state index < -0.39 is 34.2 Å². The highest BCUT2D eigenvalue weighted by Gasteiger charge is 2.32. The van der Waals surface area contributed by atoms with Crippen LogP contribution in [0.5, 0.6) is 5.75 Å². The standard InChI is InChI=1S/C26H38N2O6S/c1-18(2)16-28(35(32,33)22-13-11-21(34-5)12-14-22)17-24(29)23(15-20-9-7-6-8-10-20)27-26(31)25(30)19(3)4/h6-14,18-19,23-25,29-30H,15-17H2,1-5H3,(H,27,31)/t23-,24+,25-/m0/s1. The number of nitrogens with zero attached hydrogens (tertiary/aromatic N) is 1. The fraction of sp³-hybridized carbons (Fsp3) is 0.500. The van der Waals surface area contributed by atoms with Gasteiger partial charge in [0.25, 0.3) is 0 Å². The van der Waals surface area contributed by atoms with Crippen molar-refractivity contribution in [2.24, 2.45) is 11.8 Å². The third kappa shape index (κ3) is 8.31. The fourth-order valence-corrected chi connectivity index (χ4v) is 5.25. The van der Waals surface area contributed by atoms with Crippen LogP contribution in [0.2, 0.25) is 0 Å². The third-order valence-corrected chi connectivity index (χ3v) is 7.49. The van der Waals surface area contributed by atoms with Crippen LogP contribution >= 0.6 is 0 Å². The van der Waals surface area contributed by atoms with Crippen LogP contribution in [0.3, 0.4) is 0 Å². The number of aliphatic hydroxyl groups is 2. The normalized spacial score (nSPS) is 14.7. The average molecular weight is 507 g/mol. The van der Waals surface area contributed by atoms with Crippen LogP contribution < -0.4 is 10.1 Å². The van der Waals surface area contributed by atoms with Gasteiger partial charge in [-0.25, -0.2) is 8.42 Å². The Balaban J connectivity index is 2.33. The molecule has 0 aliphatic carbocycles. The second kappa shape index (κ2) is 13.0. The van der Waals surface area contributed by atoms with Gasteiger partial charge in [-0.2, -0.15) is 4.31 Å². The van der Waals surface area contributed by atoms with E-state index in [1.54, 1.807) is 26.0 Å². The Morgan fingerprint density at radius 3 is 2.09 bits per heavy atom. The lowest BCUT2D eigenvalue weighted by atomic mass is 9.99. The van der Waals surface area contributed by atoms with Crippen LogP contribution in [-0.4, -0.2) is 67.3 Å². The highest BCUT2D eigenvalue weighted by molar-refractivity contribution is 7.89. The lowest BCUT2D eigenvalue weighted by Crippen LogP contribution is -2.53. The molecule has 8 nitrogen and oxygen atoms in total. The van der Waals surface area contributed by atoms with Crippen molar-refractivity contribution in [3.05, 3.63) is 60.2 Å². The molecule has 0 radical (unpaired) electrons. The van der Waals surface area contributed by atoms with Gasteiger partial charge in [0.2, 0.25) is 15.9 Å². The Morgan fingerprint density at radius 2 is 1.57 bits per heavy atom. The van der Waals surface area contributed by atoms with Crippen molar-refractivity contribution in [3.63, 3.8) is 0 Å². The summed E-state index contributed by atoms with van der Waals surface area (Å²) in [6.45, 7) is 7.20. The third-order valence-electron chi connectivity index (χ3n) is 5.65. The maximum Gasteiger partial charge on any atom is 0.249 e. The SMILES string of the molecule is COc1ccc(S(=O)(=O)N(CC(C)C)C[C@@H](O)[C@H](Cc2ccccc2)NC(=O)[C@@H](O)C(C)C)cc1. The first-order valence-electron chi connectivity index (χ1n) is 11.8. The molecule has 3 N–H and O–H groups in total. The van der Waals surface area contributed by atoms with Gasteiger partial charge in [-0.1, -0.05) is 58.0 Å². The molecule has 0 aliphatic rings. The first-order chi connectivity index (χ1) is 16.4. The molecule has 1 amide bonds. The van der Waals surface area contributed by atoms with Gasteiger partial charge in [-0.3, -0.25) is 4.79 Å². The Morgan fingerprint density at radius 1 is 0.971 bits per heavy atom. The van der Waals surface area contributed by atoms with Crippen molar-refractivity contribution < 1.29 is 28.2 Å². The van der Waals surface area contributed by atoms with Crippen LogP contribution in [0.15, 0.2) is 59.5 Å². The molecule has 194 valence electrons. The summed E-state index contributed by atoms with van der Waals surface area (Å²) >= 11 is 0. The van der Waals surface area contributed by atoms with Gasteiger partial charge in [-0.15, -0.1) is 0 Å². The summed E-state index contributed by atoms with van der Waals surface area (Å²) < 4.78 is 33.3. The molecule has 0 heterocycles. The second-order valence-corrected chi connectivity index (χ2v) is 11.4. The van der Waals surface area contributed by atoms with Crippen LogP contribution in [0.1, 0.15) is 33.3 Å². The number of methoxy groups -OCH3 is 1.